The molecular weight excluding hydrogens is 358 g/mol. The molecule has 3 rings (SSSR count). The highest BCUT2D eigenvalue weighted by Gasteiger charge is 2.32. The van der Waals surface area contributed by atoms with E-state index in [2.05, 4.69) is 43.1 Å². The number of Topliss-reactive ketones (excluding diaryl/α,β-unsaturated/α-hetero) is 1. The summed E-state index contributed by atoms with van der Waals surface area (Å²) in [5.41, 5.74) is 5.18. The fourth-order valence-corrected chi connectivity index (χ4v) is 4.20. The summed E-state index contributed by atoms with van der Waals surface area (Å²) in [7, 11) is 0. The van der Waals surface area contributed by atoms with E-state index in [0.717, 1.165) is 35.6 Å². The van der Waals surface area contributed by atoms with E-state index in [4.69, 9.17) is 4.74 Å². The number of ether oxygens (including phenoxy) is 1. The number of aromatic nitrogens is 1. The van der Waals surface area contributed by atoms with Crippen molar-refractivity contribution in [2.24, 2.45) is 0 Å². The van der Waals surface area contributed by atoms with Crippen LogP contribution >= 0.6 is 11.8 Å². The predicted molar refractivity (Wildman–Crippen MR) is 110 cm³/mol. The van der Waals surface area contributed by atoms with Gasteiger partial charge in [-0.2, -0.15) is 11.8 Å². The molecule has 1 aromatic carbocycles. The second-order valence-corrected chi connectivity index (χ2v) is 8.33. The SMILES string of the molecule is CCSCCOC(=O)c1[nH]c2c(c1C)C(=O)CC(c1ccc(CC)cc1)C2. The second kappa shape index (κ2) is 8.79. The molecule has 1 N–H and O–H groups in total. The Morgan fingerprint density at radius 2 is 1.96 bits per heavy atom. The first-order chi connectivity index (χ1) is 13.0. The van der Waals surface area contributed by atoms with E-state index >= 15 is 0 Å². The average Bonchev–Trinajstić information content (AvgIpc) is 3.02. The number of nitrogens with one attached hydrogen (secondary N) is 1. The van der Waals surface area contributed by atoms with Crippen molar-refractivity contribution >= 4 is 23.5 Å². The first-order valence-corrected chi connectivity index (χ1v) is 10.8. The van der Waals surface area contributed by atoms with Crippen LogP contribution in [-0.4, -0.2) is 34.8 Å². The number of benzene rings is 1. The van der Waals surface area contributed by atoms with E-state index in [1.807, 2.05) is 6.92 Å². The lowest BCUT2D eigenvalue weighted by molar-refractivity contribution is 0.0523. The molecule has 1 aromatic heterocycles. The predicted octanol–water partition coefficient (Wildman–Crippen LogP) is 4.71. The van der Waals surface area contributed by atoms with E-state index < -0.39 is 0 Å². The molecule has 1 atom stereocenters. The van der Waals surface area contributed by atoms with Gasteiger partial charge in [-0.15, -0.1) is 0 Å². The number of thioether (sulfide) groups is 1. The Hall–Kier alpha value is -2.01. The van der Waals surface area contributed by atoms with Crippen molar-refractivity contribution in [2.75, 3.05) is 18.1 Å². The summed E-state index contributed by atoms with van der Waals surface area (Å²) < 4.78 is 5.36. The van der Waals surface area contributed by atoms with Crippen LogP contribution in [0.1, 0.15) is 69.4 Å². The minimum Gasteiger partial charge on any atom is -0.460 e. The second-order valence-electron chi connectivity index (χ2n) is 6.93. The topological polar surface area (TPSA) is 59.2 Å². The van der Waals surface area contributed by atoms with E-state index in [9.17, 15) is 9.59 Å². The van der Waals surface area contributed by atoms with Crippen molar-refractivity contribution in [1.29, 1.82) is 0 Å². The molecule has 0 radical (unpaired) electrons. The maximum atomic E-state index is 12.8. The van der Waals surface area contributed by atoms with Crippen LogP contribution < -0.4 is 0 Å². The van der Waals surface area contributed by atoms with Gasteiger partial charge in [-0.25, -0.2) is 4.79 Å². The van der Waals surface area contributed by atoms with Gasteiger partial charge in [0.15, 0.2) is 5.78 Å². The molecule has 0 saturated carbocycles. The molecule has 1 aliphatic rings. The summed E-state index contributed by atoms with van der Waals surface area (Å²) in [4.78, 5) is 28.4. The first-order valence-electron chi connectivity index (χ1n) is 9.63. The zero-order valence-corrected chi connectivity index (χ0v) is 17.1. The monoisotopic (exact) mass is 385 g/mol. The molecule has 4 nitrogen and oxygen atoms in total. The highest BCUT2D eigenvalue weighted by molar-refractivity contribution is 7.99. The number of ketones is 1. The van der Waals surface area contributed by atoms with Gasteiger partial charge in [0.2, 0.25) is 0 Å². The molecule has 1 aliphatic carbocycles. The van der Waals surface area contributed by atoms with Gasteiger partial charge in [0.25, 0.3) is 0 Å². The van der Waals surface area contributed by atoms with Crippen LogP contribution in [0.5, 0.6) is 0 Å². The number of aromatic amines is 1. The summed E-state index contributed by atoms with van der Waals surface area (Å²) in [6, 6.07) is 8.51. The largest absolute Gasteiger partial charge is 0.460 e. The summed E-state index contributed by atoms with van der Waals surface area (Å²) in [6.45, 7) is 6.43. The fraction of sp³-hybridized carbons (Fsp3) is 0.455. The van der Waals surface area contributed by atoms with E-state index in [-0.39, 0.29) is 17.7 Å². The minimum atomic E-state index is -0.366. The Morgan fingerprint density at radius 3 is 2.63 bits per heavy atom. The van der Waals surface area contributed by atoms with Gasteiger partial charge in [0.05, 0.1) is 0 Å². The Kier molecular flexibility index (Phi) is 6.42. The normalized spacial score (nSPS) is 16.3. The zero-order valence-electron chi connectivity index (χ0n) is 16.3. The van der Waals surface area contributed by atoms with Crippen molar-refractivity contribution in [1.82, 2.24) is 4.98 Å². The number of H-pyrrole nitrogens is 1. The number of rotatable bonds is 7. The first kappa shape index (κ1) is 19.7. The number of carbonyl (C=O) groups is 2. The molecule has 144 valence electrons. The maximum Gasteiger partial charge on any atom is 0.355 e. The van der Waals surface area contributed by atoms with Crippen molar-refractivity contribution in [2.45, 2.75) is 46.0 Å². The minimum absolute atomic E-state index is 0.107. The molecule has 5 heteroatoms. The number of carbonyl (C=O) groups excluding carboxylic acids is 2. The molecular formula is C22H27NO3S. The van der Waals surface area contributed by atoms with E-state index in [1.165, 1.54) is 11.1 Å². The van der Waals surface area contributed by atoms with Gasteiger partial charge in [-0.05, 0) is 48.1 Å². The van der Waals surface area contributed by atoms with Crippen molar-refractivity contribution in [3.05, 3.63) is 57.9 Å². The van der Waals surface area contributed by atoms with Crippen molar-refractivity contribution in [3.8, 4) is 0 Å². The van der Waals surface area contributed by atoms with Gasteiger partial charge in [-0.3, -0.25) is 4.79 Å². The molecule has 27 heavy (non-hydrogen) atoms. The van der Waals surface area contributed by atoms with Gasteiger partial charge >= 0.3 is 5.97 Å². The number of hydrogen-bond donors (Lipinski definition) is 1. The molecule has 0 bridgehead atoms. The summed E-state index contributed by atoms with van der Waals surface area (Å²) in [5.74, 6) is 1.68. The Balaban J connectivity index is 1.77. The van der Waals surface area contributed by atoms with Crippen molar-refractivity contribution in [3.63, 3.8) is 0 Å². The molecule has 0 spiro atoms. The standard InChI is InChI=1S/C22H27NO3S/c1-4-15-6-8-16(9-7-15)17-12-18-20(19(24)13-17)14(3)21(23-18)22(25)26-10-11-27-5-2/h6-9,17,23H,4-5,10-13H2,1-3H3. The molecule has 2 aromatic rings. The lowest BCUT2D eigenvalue weighted by Crippen LogP contribution is -2.18. The van der Waals surface area contributed by atoms with Gasteiger partial charge in [0.1, 0.15) is 12.3 Å². The molecule has 1 heterocycles. The Bertz CT molecular complexity index is 823. The number of esters is 1. The lowest BCUT2D eigenvalue weighted by Gasteiger charge is -2.22. The van der Waals surface area contributed by atoms with Crippen molar-refractivity contribution < 1.29 is 14.3 Å². The molecule has 0 saturated heterocycles. The number of hydrogen-bond acceptors (Lipinski definition) is 4. The van der Waals surface area contributed by atoms with Gasteiger partial charge < -0.3 is 9.72 Å². The Labute approximate surface area is 165 Å². The maximum absolute atomic E-state index is 12.8. The van der Waals surface area contributed by atoms with E-state index in [1.54, 1.807) is 11.8 Å². The lowest BCUT2D eigenvalue weighted by atomic mass is 9.81. The third kappa shape index (κ3) is 4.29. The van der Waals surface area contributed by atoms with E-state index in [0.29, 0.717) is 24.3 Å². The third-order valence-electron chi connectivity index (χ3n) is 5.22. The molecule has 0 aliphatic heterocycles. The smallest absolute Gasteiger partial charge is 0.355 e. The molecule has 1 unspecified atom stereocenters. The zero-order chi connectivity index (χ0) is 19.4. The van der Waals surface area contributed by atoms with Crippen LogP contribution in [-0.2, 0) is 17.6 Å². The van der Waals surface area contributed by atoms with Crippen LogP contribution in [0.2, 0.25) is 0 Å². The summed E-state index contributed by atoms with van der Waals surface area (Å²) in [5, 5.41) is 0. The van der Waals surface area contributed by atoms with Crippen LogP contribution in [0.25, 0.3) is 0 Å². The van der Waals surface area contributed by atoms with Crippen LogP contribution in [0.15, 0.2) is 24.3 Å². The van der Waals surface area contributed by atoms with Crippen LogP contribution in [0, 0.1) is 6.92 Å². The fourth-order valence-electron chi connectivity index (χ4n) is 3.71. The summed E-state index contributed by atoms with van der Waals surface area (Å²) in [6.07, 6.45) is 2.23. The van der Waals surface area contributed by atoms with Gasteiger partial charge in [0, 0.05) is 23.4 Å². The third-order valence-corrected chi connectivity index (χ3v) is 6.08. The number of aryl methyl sites for hydroxylation is 1. The van der Waals surface area contributed by atoms with Crippen LogP contribution in [0.4, 0.5) is 0 Å². The Morgan fingerprint density at radius 1 is 1.22 bits per heavy atom. The number of fused-ring (bicyclic) bond motifs is 1. The average molecular weight is 386 g/mol. The highest BCUT2D eigenvalue weighted by atomic mass is 32.2. The quantitative estimate of drug-likeness (QED) is 0.554. The molecule has 0 amide bonds. The van der Waals surface area contributed by atoms with Crippen LogP contribution in [0.3, 0.4) is 0 Å². The summed E-state index contributed by atoms with van der Waals surface area (Å²) >= 11 is 1.74. The highest BCUT2D eigenvalue weighted by Crippen LogP contribution is 2.35. The molecule has 0 fully saturated rings. The van der Waals surface area contributed by atoms with Gasteiger partial charge in [-0.1, -0.05) is 38.1 Å².